The molecule has 0 aromatic heterocycles. The van der Waals surface area contributed by atoms with Crippen LogP contribution in [-0.4, -0.2) is 29.8 Å². The molecule has 4 rings (SSSR count). The second kappa shape index (κ2) is 6.48. The minimum atomic E-state index is 0.0153. The highest BCUT2D eigenvalue weighted by atomic mass is 16.5. The van der Waals surface area contributed by atoms with Crippen molar-refractivity contribution in [2.24, 2.45) is 11.0 Å². The molecule has 1 saturated carbocycles. The van der Waals surface area contributed by atoms with Crippen molar-refractivity contribution in [3.05, 3.63) is 59.2 Å². The van der Waals surface area contributed by atoms with Gasteiger partial charge in [-0.05, 0) is 56.0 Å². The molecule has 134 valence electrons. The van der Waals surface area contributed by atoms with Crippen LogP contribution in [-0.2, 0) is 11.2 Å². The second-order valence-electron chi connectivity index (χ2n) is 7.10. The Morgan fingerprint density at radius 1 is 1.19 bits per heavy atom. The van der Waals surface area contributed by atoms with Crippen molar-refractivity contribution < 1.29 is 9.53 Å². The highest BCUT2D eigenvalue weighted by molar-refractivity contribution is 6.14. The molecule has 1 heterocycles. The molecule has 1 aliphatic heterocycles. The summed E-state index contributed by atoms with van der Waals surface area (Å²) in [5.41, 5.74) is 10.5. The van der Waals surface area contributed by atoms with Crippen LogP contribution in [0, 0.1) is 5.92 Å². The molecule has 0 radical (unpaired) electrons. The molecular weight excluding hydrogens is 326 g/mol. The van der Waals surface area contributed by atoms with E-state index in [0.29, 0.717) is 5.69 Å². The van der Waals surface area contributed by atoms with Gasteiger partial charge in [0.2, 0.25) is 5.91 Å². The normalized spacial score (nSPS) is 19.4. The van der Waals surface area contributed by atoms with Gasteiger partial charge in [-0.3, -0.25) is 4.79 Å². The van der Waals surface area contributed by atoms with Crippen LogP contribution in [0.1, 0.15) is 36.5 Å². The molecule has 26 heavy (non-hydrogen) atoms. The van der Waals surface area contributed by atoms with Crippen LogP contribution in [0.4, 0.5) is 5.69 Å². The highest BCUT2D eigenvalue weighted by Gasteiger charge is 2.37. The number of nitrogens with two attached hydrogens (primary N) is 1. The van der Waals surface area contributed by atoms with Crippen molar-refractivity contribution in [2.45, 2.75) is 32.2 Å². The summed E-state index contributed by atoms with van der Waals surface area (Å²) < 4.78 is 5.42. The Morgan fingerprint density at radius 2 is 1.92 bits per heavy atom. The predicted octanol–water partition coefficient (Wildman–Crippen LogP) is 3.21. The van der Waals surface area contributed by atoms with E-state index in [1.54, 1.807) is 12.1 Å². The van der Waals surface area contributed by atoms with E-state index in [-0.39, 0.29) is 17.9 Å². The third kappa shape index (κ3) is 3.05. The number of hydrazone groups is 1. The molecule has 1 amide bonds. The standard InChI is InChI=1S/C21H23N3O2/c1-13-11-16-7-10-18(26-2)12-19(16)20(14-5-8-17(22)9-6-14)23-24(13)21(25)15-3-4-15/h5-10,12-13,15H,3-4,11,22H2,1-2H3. The lowest BCUT2D eigenvalue weighted by Gasteiger charge is -2.23. The summed E-state index contributed by atoms with van der Waals surface area (Å²) in [5, 5.41) is 6.53. The maximum absolute atomic E-state index is 12.8. The lowest BCUT2D eigenvalue weighted by molar-refractivity contribution is -0.134. The number of hydrogen-bond donors (Lipinski definition) is 1. The number of anilines is 1. The molecular formula is C21H23N3O2. The third-order valence-electron chi connectivity index (χ3n) is 5.05. The van der Waals surface area contributed by atoms with Gasteiger partial charge < -0.3 is 10.5 Å². The van der Waals surface area contributed by atoms with E-state index in [2.05, 4.69) is 13.0 Å². The number of methoxy groups -OCH3 is 1. The van der Waals surface area contributed by atoms with Crippen molar-refractivity contribution in [3.8, 4) is 5.75 Å². The predicted molar refractivity (Wildman–Crippen MR) is 102 cm³/mol. The number of fused-ring (bicyclic) bond motifs is 1. The lowest BCUT2D eigenvalue weighted by atomic mass is 9.94. The molecule has 2 N–H and O–H groups in total. The van der Waals surface area contributed by atoms with Crippen molar-refractivity contribution in [2.75, 3.05) is 12.8 Å². The van der Waals surface area contributed by atoms with Gasteiger partial charge in [-0.2, -0.15) is 5.10 Å². The van der Waals surface area contributed by atoms with Gasteiger partial charge in [0, 0.05) is 22.7 Å². The molecule has 2 aliphatic rings. The lowest BCUT2D eigenvalue weighted by Crippen LogP contribution is -2.36. The second-order valence-corrected chi connectivity index (χ2v) is 7.10. The van der Waals surface area contributed by atoms with Gasteiger partial charge in [-0.1, -0.05) is 18.2 Å². The summed E-state index contributed by atoms with van der Waals surface area (Å²) in [5.74, 6) is 1.04. The number of carbonyl (C=O) groups is 1. The summed E-state index contributed by atoms with van der Waals surface area (Å²) in [6.45, 7) is 2.06. The van der Waals surface area contributed by atoms with E-state index in [9.17, 15) is 4.79 Å². The fourth-order valence-electron chi connectivity index (χ4n) is 3.38. The van der Waals surface area contributed by atoms with E-state index >= 15 is 0 Å². The monoisotopic (exact) mass is 349 g/mol. The van der Waals surface area contributed by atoms with E-state index in [1.165, 1.54) is 5.56 Å². The van der Waals surface area contributed by atoms with Gasteiger partial charge in [0.15, 0.2) is 0 Å². The summed E-state index contributed by atoms with van der Waals surface area (Å²) in [6, 6.07) is 13.7. The van der Waals surface area contributed by atoms with Gasteiger partial charge in [-0.25, -0.2) is 5.01 Å². The average Bonchev–Trinajstić information content (AvgIpc) is 3.49. The van der Waals surface area contributed by atoms with E-state index < -0.39 is 0 Å². The van der Waals surface area contributed by atoms with Crippen LogP contribution in [0.15, 0.2) is 47.6 Å². The molecule has 0 saturated heterocycles. The Labute approximate surface area is 153 Å². The largest absolute Gasteiger partial charge is 0.497 e. The Bertz CT molecular complexity index is 869. The van der Waals surface area contributed by atoms with Gasteiger partial charge in [-0.15, -0.1) is 0 Å². The van der Waals surface area contributed by atoms with Crippen molar-refractivity contribution >= 4 is 17.3 Å². The zero-order chi connectivity index (χ0) is 18.3. The van der Waals surface area contributed by atoms with Crippen LogP contribution in [0.3, 0.4) is 0 Å². The van der Waals surface area contributed by atoms with Crippen molar-refractivity contribution in [1.82, 2.24) is 5.01 Å². The highest BCUT2D eigenvalue weighted by Crippen LogP contribution is 2.34. The average molecular weight is 349 g/mol. The Morgan fingerprint density at radius 3 is 2.58 bits per heavy atom. The Kier molecular flexibility index (Phi) is 4.15. The SMILES string of the molecule is COc1ccc2c(c1)C(c1ccc(N)cc1)=NN(C(=O)C1CC1)C(C)C2. The first-order chi connectivity index (χ1) is 12.6. The maximum Gasteiger partial charge on any atom is 0.246 e. The van der Waals surface area contributed by atoms with E-state index in [1.807, 2.05) is 36.4 Å². The van der Waals surface area contributed by atoms with Gasteiger partial charge in [0.25, 0.3) is 0 Å². The molecule has 0 bridgehead atoms. The maximum atomic E-state index is 12.8. The van der Waals surface area contributed by atoms with Crippen molar-refractivity contribution in [3.63, 3.8) is 0 Å². The first-order valence-electron chi connectivity index (χ1n) is 9.01. The van der Waals surface area contributed by atoms with E-state index in [4.69, 9.17) is 15.6 Å². The molecule has 2 aromatic carbocycles. The number of nitrogen functional groups attached to an aromatic ring is 1. The quantitative estimate of drug-likeness (QED) is 0.865. The summed E-state index contributed by atoms with van der Waals surface area (Å²) >= 11 is 0. The van der Waals surface area contributed by atoms with Crippen molar-refractivity contribution in [1.29, 1.82) is 0 Å². The number of rotatable bonds is 3. The number of amides is 1. The molecule has 0 spiro atoms. The Balaban J connectivity index is 1.87. The number of nitrogens with zero attached hydrogens (tertiary/aromatic N) is 2. The smallest absolute Gasteiger partial charge is 0.246 e. The summed E-state index contributed by atoms with van der Waals surface area (Å²) in [7, 11) is 1.66. The molecule has 1 fully saturated rings. The number of carbonyl (C=O) groups excluding carboxylic acids is 1. The first kappa shape index (κ1) is 16.6. The first-order valence-corrected chi connectivity index (χ1v) is 9.01. The number of hydrogen-bond acceptors (Lipinski definition) is 4. The van der Waals surface area contributed by atoms with E-state index in [0.717, 1.165) is 41.9 Å². The zero-order valence-corrected chi connectivity index (χ0v) is 15.1. The van der Waals surface area contributed by atoms with Crippen LogP contribution < -0.4 is 10.5 Å². The molecule has 1 atom stereocenters. The van der Waals surface area contributed by atoms with Crippen LogP contribution in [0.5, 0.6) is 5.75 Å². The fourth-order valence-corrected chi connectivity index (χ4v) is 3.38. The molecule has 2 aromatic rings. The fraction of sp³-hybridized carbons (Fsp3) is 0.333. The van der Waals surface area contributed by atoms with Crippen LogP contribution in [0.2, 0.25) is 0 Å². The number of ether oxygens (including phenoxy) is 1. The Hall–Kier alpha value is -2.82. The number of benzene rings is 2. The topological polar surface area (TPSA) is 67.9 Å². The van der Waals surface area contributed by atoms with Gasteiger partial charge >= 0.3 is 0 Å². The summed E-state index contributed by atoms with van der Waals surface area (Å²) in [4.78, 5) is 12.8. The zero-order valence-electron chi connectivity index (χ0n) is 15.1. The van der Waals surface area contributed by atoms with Gasteiger partial charge in [0.05, 0.1) is 18.9 Å². The summed E-state index contributed by atoms with van der Waals surface area (Å²) in [6.07, 6.45) is 2.70. The molecule has 5 nitrogen and oxygen atoms in total. The molecule has 1 unspecified atom stereocenters. The van der Waals surface area contributed by atoms with Gasteiger partial charge in [0.1, 0.15) is 5.75 Å². The van der Waals surface area contributed by atoms with Crippen LogP contribution >= 0.6 is 0 Å². The van der Waals surface area contributed by atoms with Crippen LogP contribution in [0.25, 0.3) is 0 Å². The molecule has 1 aliphatic carbocycles. The minimum absolute atomic E-state index is 0.0153. The molecule has 5 heteroatoms. The minimum Gasteiger partial charge on any atom is -0.497 e. The third-order valence-corrected chi connectivity index (χ3v) is 5.05.